The van der Waals surface area contributed by atoms with Gasteiger partial charge in [0.15, 0.2) is 0 Å². The zero-order chi connectivity index (χ0) is 12.3. The molecule has 3 heteroatoms. The largest absolute Gasteiger partial charge is 0.496 e. The molecule has 0 saturated carbocycles. The Labute approximate surface area is 115 Å². The molecule has 17 heavy (non-hydrogen) atoms. The second kappa shape index (κ2) is 5.69. The van der Waals surface area contributed by atoms with E-state index in [1.807, 2.05) is 5.38 Å². The molecule has 0 N–H and O–H groups in total. The molecule has 0 amide bonds. The van der Waals surface area contributed by atoms with E-state index in [-0.39, 0.29) is 0 Å². The highest BCUT2D eigenvalue weighted by Gasteiger charge is 2.11. The van der Waals surface area contributed by atoms with E-state index in [4.69, 9.17) is 4.74 Å². The Balaban J connectivity index is 2.05. The van der Waals surface area contributed by atoms with Gasteiger partial charge in [-0.2, -0.15) is 0 Å². The van der Waals surface area contributed by atoms with E-state index < -0.39 is 0 Å². The molecule has 90 valence electrons. The van der Waals surface area contributed by atoms with Crippen molar-refractivity contribution in [2.45, 2.75) is 18.2 Å². The molecule has 1 aromatic carbocycles. The molecule has 1 unspecified atom stereocenters. The first-order chi connectivity index (χ1) is 8.19. The quantitative estimate of drug-likeness (QED) is 0.741. The van der Waals surface area contributed by atoms with Crippen molar-refractivity contribution >= 4 is 27.3 Å². The summed E-state index contributed by atoms with van der Waals surface area (Å²) in [4.78, 5) is 1.67. The first kappa shape index (κ1) is 12.7. The van der Waals surface area contributed by atoms with Crippen LogP contribution in [-0.4, -0.2) is 7.11 Å². The molecule has 0 bridgehead atoms. The molecule has 2 rings (SSSR count). The summed E-state index contributed by atoms with van der Waals surface area (Å²) < 4.78 is 5.20. The molecule has 1 atom stereocenters. The summed E-state index contributed by atoms with van der Waals surface area (Å²) >= 11 is 5.47. The van der Waals surface area contributed by atoms with Gasteiger partial charge in [-0.15, -0.1) is 11.3 Å². The lowest BCUT2D eigenvalue weighted by molar-refractivity contribution is 0.416. The summed E-state index contributed by atoms with van der Waals surface area (Å²) in [7, 11) is 1.70. The predicted octanol–water partition coefficient (Wildman–Crippen LogP) is 4.74. The zero-order valence-electron chi connectivity index (χ0n) is 9.94. The Morgan fingerprint density at radius 2 is 2.00 bits per heavy atom. The molecule has 0 saturated heterocycles. The van der Waals surface area contributed by atoms with Crippen molar-refractivity contribution in [1.82, 2.24) is 0 Å². The van der Waals surface area contributed by atoms with Gasteiger partial charge in [0, 0.05) is 10.3 Å². The zero-order valence-corrected chi connectivity index (χ0v) is 12.3. The number of hydrogen-bond acceptors (Lipinski definition) is 2. The fraction of sp³-hybridized carbons (Fsp3) is 0.286. The first-order valence-electron chi connectivity index (χ1n) is 5.51. The van der Waals surface area contributed by atoms with Crippen LogP contribution in [0.4, 0.5) is 0 Å². The number of alkyl halides is 1. The highest BCUT2D eigenvalue weighted by atomic mass is 79.9. The molecule has 0 aliphatic rings. The second-order valence-electron chi connectivity index (χ2n) is 4.05. The van der Waals surface area contributed by atoms with Gasteiger partial charge in [-0.1, -0.05) is 45.8 Å². The minimum absolute atomic E-state index is 0.360. The van der Waals surface area contributed by atoms with E-state index in [1.54, 1.807) is 18.4 Å². The fourth-order valence-electron chi connectivity index (χ4n) is 1.64. The third-order valence-electron chi connectivity index (χ3n) is 2.68. The maximum absolute atomic E-state index is 5.20. The van der Waals surface area contributed by atoms with Gasteiger partial charge in [0.2, 0.25) is 0 Å². The Kier molecular flexibility index (Phi) is 4.24. The van der Waals surface area contributed by atoms with Crippen LogP contribution >= 0.6 is 27.3 Å². The summed E-state index contributed by atoms with van der Waals surface area (Å²) in [6.45, 7) is 2.11. The number of hydrogen-bond donors (Lipinski definition) is 0. The van der Waals surface area contributed by atoms with Crippen molar-refractivity contribution in [3.8, 4) is 5.75 Å². The Hall–Kier alpha value is -0.800. The summed E-state index contributed by atoms with van der Waals surface area (Å²) in [6.07, 6.45) is 1.00. The summed E-state index contributed by atoms with van der Waals surface area (Å²) in [6, 6.07) is 10.8. The van der Waals surface area contributed by atoms with Crippen LogP contribution in [0.5, 0.6) is 5.75 Å². The van der Waals surface area contributed by atoms with Gasteiger partial charge in [-0.25, -0.2) is 0 Å². The van der Waals surface area contributed by atoms with Crippen molar-refractivity contribution in [2.24, 2.45) is 0 Å². The molecule has 0 spiro atoms. The Morgan fingerprint density at radius 3 is 2.59 bits per heavy atom. The van der Waals surface area contributed by atoms with Gasteiger partial charge < -0.3 is 4.74 Å². The third kappa shape index (κ3) is 3.33. The van der Waals surface area contributed by atoms with E-state index in [9.17, 15) is 0 Å². The molecule has 0 aliphatic carbocycles. The predicted molar refractivity (Wildman–Crippen MR) is 77.4 cm³/mol. The number of benzene rings is 1. The molecule has 1 aromatic heterocycles. The molecular formula is C14H15BrOS. The SMILES string of the molecule is COc1csc(C(Br)Cc2ccc(C)cc2)c1. The number of rotatable bonds is 4. The monoisotopic (exact) mass is 310 g/mol. The van der Waals surface area contributed by atoms with Gasteiger partial charge in [0.25, 0.3) is 0 Å². The standard InChI is InChI=1S/C14H15BrOS/c1-10-3-5-11(6-4-10)7-13(15)14-8-12(16-2)9-17-14/h3-6,8-9,13H,7H2,1-2H3. The maximum Gasteiger partial charge on any atom is 0.129 e. The smallest absolute Gasteiger partial charge is 0.129 e. The van der Waals surface area contributed by atoms with Crippen LogP contribution in [0.1, 0.15) is 20.8 Å². The van der Waals surface area contributed by atoms with E-state index in [1.165, 1.54) is 16.0 Å². The molecule has 0 fully saturated rings. The normalized spacial score (nSPS) is 12.4. The third-order valence-corrected chi connectivity index (χ3v) is 4.82. The van der Waals surface area contributed by atoms with E-state index >= 15 is 0 Å². The van der Waals surface area contributed by atoms with Crippen LogP contribution < -0.4 is 4.74 Å². The van der Waals surface area contributed by atoms with Crippen LogP contribution in [0.25, 0.3) is 0 Å². The molecule has 0 radical (unpaired) electrons. The van der Waals surface area contributed by atoms with Gasteiger partial charge in [0.1, 0.15) is 5.75 Å². The number of thiophene rings is 1. The van der Waals surface area contributed by atoms with Crippen molar-refractivity contribution in [3.05, 3.63) is 51.7 Å². The average Bonchev–Trinajstić information content (AvgIpc) is 2.81. The topological polar surface area (TPSA) is 9.23 Å². The van der Waals surface area contributed by atoms with Gasteiger partial charge >= 0.3 is 0 Å². The minimum Gasteiger partial charge on any atom is -0.496 e. The van der Waals surface area contributed by atoms with E-state index in [0.717, 1.165) is 12.2 Å². The van der Waals surface area contributed by atoms with Crippen LogP contribution in [0.15, 0.2) is 35.7 Å². The lowest BCUT2D eigenvalue weighted by Crippen LogP contribution is -1.92. The van der Waals surface area contributed by atoms with Crippen LogP contribution in [-0.2, 0) is 6.42 Å². The van der Waals surface area contributed by atoms with Crippen molar-refractivity contribution in [3.63, 3.8) is 0 Å². The van der Waals surface area contributed by atoms with Crippen molar-refractivity contribution in [1.29, 1.82) is 0 Å². The lowest BCUT2D eigenvalue weighted by Gasteiger charge is -2.07. The number of ether oxygens (including phenoxy) is 1. The highest BCUT2D eigenvalue weighted by Crippen LogP contribution is 2.34. The first-order valence-corrected chi connectivity index (χ1v) is 7.30. The van der Waals surface area contributed by atoms with Crippen LogP contribution in [0.3, 0.4) is 0 Å². The van der Waals surface area contributed by atoms with Crippen molar-refractivity contribution in [2.75, 3.05) is 7.11 Å². The van der Waals surface area contributed by atoms with Gasteiger partial charge in [0.05, 0.1) is 11.9 Å². The van der Waals surface area contributed by atoms with E-state index in [2.05, 4.69) is 53.2 Å². The Morgan fingerprint density at radius 1 is 1.29 bits per heavy atom. The van der Waals surface area contributed by atoms with Gasteiger partial charge in [-0.3, -0.25) is 0 Å². The Bertz CT molecular complexity index is 475. The fourth-order valence-corrected chi connectivity index (χ4v) is 3.30. The lowest BCUT2D eigenvalue weighted by atomic mass is 10.1. The number of halogens is 1. The summed E-state index contributed by atoms with van der Waals surface area (Å²) in [5, 5.41) is 2.04. The number of aryl methyl sites for hydroxylation is 1. The molecule has 1 nitrogen and oxygen atoms in total. The van der Waals surface area contributed by atoms with Gasteiger partial charge in [-0.05, 0) is 25.0 Å². The summed E-state index contributed by atoms with van der Waals surface area (Å²) in [5.41, 5.74) is 2.66. The number of methoxy groups -OCH3 is 1. The molecular weight excluding hydrogens is 296 g/mol. The molecule has 0 aliphatic heterocycles. The average molecular weight is 311 g/mol. The van der Waals surface area contributed by atoms with Crippen molar-refractivity contribution < 1.29 is 4.74 Å². The van der Waals surface area contributed by atoms with Crippen LogP contribution in [0.2, 0.25) is 0 Å². The summed E-state index contributed by atoms with van der Waals surface area (Å²) in [5.74, 6) is 0.943. The maximum atomic E-state index is 5.20. The molecule has 1 heterocycles. The van der Waals surface area contributed by atoms with E-state index in [0.29, 0.717) is 4.83 Å². The molecule has 2 aromatic rings. The van der Waals surface area contributed by atoms with Crippen LogP contribution in [0, 0.1) is 6.92 Å². The highest BCUT2D eigenvalue weighted by molar-refractivity contribution is 9.09. The minimum atomic E-state index is 0.360. The second-order valence-corrected chi connectivity index (χ2v) is 6.09.